The van der Waals surface area contributed by atoms with Gasteiger partial charge in [0.05, 0.1) is 0 Å². The summed E-state index contributed by atoms with van der Waals surface area (Å²) in [4.78, 5) is 38.5. The average molecular weight is 222 g/mol. The summed E-state index contributed by atoms with van der Waals surface area (Å²) >= 11 is 0. The molecule has 0 aliphatic carbocycles. The van der Waals surface area contributed by atoms with Crippen molar-refractivity contribution in [3.05, 3.63) is 42.4 Å². The second kappa shape index (κ2) is 3.48. The molecule has 6 heteroatoms. The molecule has 84 valence electrons. The van der Waals surface area contributed by atoms with Crippen LogP contribution in [0.2, 0.25) is 0 Å². The molecule has 0 fully saturated rings. The Morgan fingerprint density at radius 3 is 2.50 bits per heavy atom. The van der Waals surface area contributed by atoms with E-state index in [1.54, 1.807) is 6.92 Å². The van der Waals surface area contributed by atoms with E-state index in [0.29, 0.717) is 17.5 Å². The van der Waals surface area contributed by atoms with Crippen LogP contribution in [0.25, 0.3) is 11.1 Å². The molecule has 2 aromatic heterocycles. The Labute approximate surface area is 88.9 Å². The lowest BCUT2D eigenvalue weighted by Crippen LogP contribution is -2.24. The maximum Gasteiger partial charge on any atom is 0.340 e. The Morgan fingerprint density at radius 2 is 1.88 bits per heavy atom. The van der Waals surface area contributed by atoms with Crippen molar-refractivity contribution in [2.45, 2.75) is 20.3 Å². The lowest BCUT2D eigenvalue weighted by molar-refractivity contribution is 0.538. The summed E-state index contributed by atoms with van der Waals surface area (Å²) in [6, 6.07) is 0. The van der Waals surface area contributed by atoms with Gasteiger partial charge in [-0.05, 0) is 18.9 Å². The topological polar surface area (TPSA) is 95.9 Å². The predicted molar refractivity (Wildman–Crippen MR) is 57.8 cm³/mol. The molecule has 2 rings (SSSR count). The number of aryl methyl sites for hydroxylation is 1. The van der Waals surface area contributed by atoms with Crippen LogP contribution in [0.4, 0.5) is 0 Å². The highest BCUT2D eigenvalue weighted by molar-refractivity contribution is 5.76. The lowest BCUT2D eigenvalue weighted by atomic mass is 10.1. The molecule has 2 heterocycles. The van der Waals surface area contributed by atoms with Crippen LogP contribution in [-0.2, 0) is 6.42 Å². The van der Waals surface area contributed by atoms with Crippen molar-refractivity contribution < 1.29 is 4.42 Å². The third-order valence-corrected chi connectivity index (χ3v) is 2.52. The van der Waals surface area contributed by atoms with Gasteiger partial charge in [0, 0.05) is 5.56 Å². The summed E-state index contributed by atoms with van der Waals surface area (Å²) in [7, 11) is 0. The van der Waals surface area contributed by atoms with Gasteiger partial charge in [-0.3, -0.25) is 14.8 Å². The maximum atomic E-state index is 11.6. The van der Waals surface area contributed by atoms with Gasteiger partial charge >= 0.3 is 11.3 Å². The van der Waals surface area contributed by atoms with E-state index in [1.807, 2.05) is 6.92 Å². The first kappa shape index (κ1) is 10.4. The van der Waals surface area contributed by atoms with Gasteiger partial charge in [-0.2, -0.15) is 0 Å². The molecule has 0 bridgehead atoms. The lowest BCUT2D eigenvalue weighted by Gasteiger charge is -2.04. The fourth-order valence-electron chi connectivity index (χ4n) is 1.74. The van der Waals surface area contributed by atoms with Crippen LogP contribution in [0, 0.1) is 6.92 Å². The Bertz CT molecular complexity index is 720. The van der Waals surface area contributed by atoms with Gasteiger partial charge in [-0.1, -0.05) is 6.92 Å². The van der Waals surface area contributed by atoms with Crippen molar-refractivity contribution >= 4 is 11.1 Å². The molecule has 0 aliphatic rings. The zero-order valence-electron chi connectivity index (χ0n) is 8.84. The largest absolute Gasteiger partial charge is 0.405 e. The predicted octanol–water partition coefficient (Wildman–Crippen LogP) is 0.0404. The van der Waals surface area contributed by atoms with Crippen molar-refractivity contribution in [3.63, 3.8) is 0 Å². The molecule has 16 heavy (non-hydrogen) atoms. The highest BCUT2D eigenvalue weighted by Gasteiger charge is 2.13. The monoisotopic (exact) mass is 222 g/mol. The van der Waals surface area contributed by atoms with Crippen LogP contribution in [-0.4, -0.2) is 9.97 Å². The molecule has 0 saturated carbocycles. The standard InChI is InChI=1S/C10H10N2O4/c1-3-5-4(2)9(14)16-8-6(5)7(13)11-10(15)12-8/h3H2,1-2H3,(H2,11,12,13,15). The molecular weight excluding hydrogens is 212 g/mol. The van der Waals surface area contributed by atoms with Gasteiger partial charge in [-0.15, -0.1) is 0 Å². The van der Waals surface area contributed by atoms with E-state index in [2.05, 4.69) is 9.97 Å². The van der Waals surface area contributed by atoms with Gasteiger partial charge in [-0.25, -0.2) is 9.59 Å². The van der Waals surface area contributed by atoms with E-state index in [0.717, 1.165) is 0 Å². The van der Waals surface area contributed by atoms with Crippen LogP contribution < -0.4 is 16.9 Å². The second-order valence-electron chi connectivity index (χ2n) is 3.46. The number of fused-ring (bicyclic) bond motifs is 1. The number of hydrogen-bond donors (Lipinski definition) is 2. The molecule has 0 spiro atoms. The summed E-state index contributed by atoms with van der Waals surface area (Å²) in [5.41, 5.74) is -0.836. The van der Waals surface area contributed by atoms with E-state index in [-0.39, 0.29) is 11.1 Å². The highest BCUT2D eigenvalue weighted by Crippen LogP contribution is 2.13. The molecule has 0 atom stereocenters. The SMILES string of the molecule is CCc1c(C)c(=O)oc2[nH]c(=O)[nH]c(=O)c12. The fourth-order valence-corrected chi connectivity index (χ4v) is 1.74. The Morgan fingerprint density at radius 1 is 1.19 bits per heavy atom. The van der Waals surface area contributed by atoms with Crippen LogP contribution in [0.3, 0.4) is 0 Å². The molecule has 0 unspecified atom stereocenters. The molecule has 0 radical (unpaired) electrons. The summed E-state index contributed by atoms with van der Waals surface area (Å²) < 4.78 is 4.87. The van der Waals surface area contributed by atoms with Gasteiger partial charge < -0.3 is 4.42 Å². The zero-order valence-corrected chi connectivity index (χ0v) is 8.84. The summed E-state index contributed by atoms with van der Waals surface area (Å²) in [6.07, 6.45) is 0.517. The van der Waals surface area contributed by atoms with Crippen molar-refractivity contribution in [2.24, 2.45) is 0 Å². The van der Waals surface area contributed by atoms with Crippen LogP contribution in [0.15, 0.2) is 18.8 Å². The quantitative estimate of drug-likeness (QED) is 0.712. The molecular formula is C10H10N2O4. The fraction of sp³-hybridized carbons (Fsp3) is 0.300. The first-order chi connectivity index (χ1) is 7.54. The number of rotatable bonds is 1. The average Bonchev–Trinajstić information content (AvgIpc) is 2.20. The molecule has 0 amide bonds. The van der Waals surface area contributed by atoms with E-state index in [1.165, 1.54) is 0 Å². The third kappa shape index (κ3) is 1.39. The smallest absolute Gasteiger partial charge is 0.340 e. The Balaban J connectivity index is 3.15. The second-order valence-corrected chi connectivity index (χ2v) is 3.46. The Hall–Kier alpha value is -2.11. The van der Waals surface area contributed by atoms with E-state index < -0.39 is 16.9 Å². The first-order valence-electron chi connectivity index (χ1n) is 4.83. The number of hydrogen-bond acceptors (Lipinski definition) is 4. The van der Waals surface area contributed by atoms with Gasteiger partial charge in [0.15, 0.2) is 0 Å². The van der Waals surface area contributed by atoms with E-state index in [4.69, 9.17) is 4.42 Å². The highest BCUT2D eigenvalue weighted by atomic mass is 16.4. The summed E-state index contributed by atoms with van der Waals surface area (Å²) in [5, 5.41) is 0.235. The molecule has 2 N–H and O–H groups in total. The Kier molecular flexibility index (Phi) is 2.26. The van der Waals surface area contributed by atoms with Crippen molar-refractivity contribution in [1.29, 1.82) is 0 Å². The van der Waals surface area contributed by atoms with Gasteiger partial charge in [0.1, 0.15) is 5.39 Å². The molecule has 0 aliphatic heterocycles. The molecule has 0 saturated heterocycles. The number of aromatic nitrogens is 2. The maximum absolute atomic E-state index is 11.6. The van der Waals surface area contributed by atoms with E-state index in [9.17, 15) is 14.4 Å². The van der Waals surface area contributed by atoms with Gasteiger partial charge in [0.25, 0.3) is 5.56 Å². The minimum Gasteiger partial charge on any atom is -0.405 e. The molecule has 2 aromatic rings. The minimum atomic E-state index is -0.688. The van der Waals surface area contributed by atoms with Crippen molar-refractivity contribution in [2.75, 3.05) is 0 Å². The third-order valence-electron chi connectivity index (χ3n) is 2.52. The van der Waals surface area contributed by atoms with Crippen LogP contribution in [0.5, 0.6) is 0 Å². The summed E-state index contributed by atoms with van der Waals surface area (Å²) in [5.74, 6) is 0. The number of aromatic amines is 2. The van der Waals surface area contributed by atoms with Crippen LogP contribution in [0.1, 0.15) is 18.1 Å². The molecule has 0 aromatic carbocycles. The van der Waals surface area contributed by atoms with Crippen molar-refractivity contribution in [1.82, 2.24) is 9.97 Å². The number of H-pyrrole nitrogens is 2. The normalized spacial score (nSPS) is 10.9. The minimum absolute atomic E-state index is 0.0683. The summed E-state index contributed by atoms with van der Waals surface area (Å²) in [6.45, 7) is 3.42. The van der Waals surface area contributed by atoms with Crippen LogP contribution >= 0.6 is 0 Å². The van der Waals surface area contributed by atoms with Gasteiger partial charge in [0.2, 0.25) is 5.71 Å². The van der Waals surface area contributed by atoms with E-state index >= 15 is 0 Å². The zero-order chi connectivity index (χ0) is 11.9. The first-order valence-corrected chi connectivity index (χ1v) is 4.83. The molecule has 6 nitrogen and oxygen atoms in total. The van der Waals surface area contributed by atoms with Crippen molar-refractivity contribution in [3.8, 4) is 0 Å². The number of nitrogens with one attached hydrogen (secondary N) is 2.